The summed E-state index contributed by atoms with van der Waals surface area (Å²) in [5, 5.41) is 3.10. The van der Waals surface area contributed by atoms with E-state index in [0.717, 1.165) is 12.1 Å². The highest BCUT2D eigenvalue weighted by atomic mass is 35.5. The van der Waals surface area contributed by atoms with Crippen LogP contribution >= 0.6 is 11.6 Å². The maximum absolute atomic E-state index is 12.9. The molecule has 0 spiro atoms. The van der Waals surface area contributed by atoms with Gasteiger partial charge in [0, 0.05) is 21.7 Å². The summed E-state index contributed by atoms with van der Waals surface area (Å²) in [6, 6.07) is 12.4. The van der Waals surface area contributed by atoms with Crippen LogP contribution in [-0.4, -0.2) is 18.0 Å². The number of hydrogen-bond acceptors (Lipinski definition) is 4. The lowest BCUT2D eigenvalue weighted by Gasteiger charge is -2.14. The van der Waals surface area contributed by atoms with E-state index in [1.165, 1.54) is 19.2 Å². The Morgan fingerprint density at radius 3 is 2.31 bits per heavy atom. The smallest absolute Gasteiger partial charge is 0.416 e. The molecular weight excluding hydrogens is 407 g/mol. The van der Waals surface area contributed by atoms with E-state index in [4.69, 9.17) is 22.1 Å². The summed E-state index contributed by atoms with van der Waals surface area (Å²) in [5.41, 5.74) is 6.24. The number of aromatic nitrogens is 1. The van der Waals surface area contributed by atoms with E-state index in [-0.39, 0.29) is 17.4 Å². The van der Waals surface area contributed by atoms with Gasteiger partial charge in [0.25, 0.3) is 5.91 Å². The number of nitrogens with one attached hydrogen (secondary N) is 1. The fourth-order valence-electron chi connectivity index (χ4n) is 2.65. The number of ether oxygens (including phenoxy) is 1. The molecule has 9 heteroatoms. The van der Waals surface area contributed by atoms with Crippen LogP contribution < -0.4 is 15.8 Å². The van der Waals surface area contributed by atoms with Crippen molar-refractivity contribution in [1.29, 1.82) is 0 Å². The molecular formula is C20H15ClF3N3O2. The first-order valence-corrected chi connectivity index (χ1v) is 8.66. The second-order valence-electron chi connectivity index (χ2n) is 6.00. The van der Waals surface area contributed by atoms with E-state index in [0.29, 0.717) is 21.7 Å². The average molecular weight is 422 g/mol. The van der Waals surface area contributed by atoms with Crippen LogP contribution in [0, 0.1) is 0 Å². The molecule has 0 radical (unpaired) electrons. The highest BCUT2D eigenvalue weighted by Crippen LogP contribution is 2.38. The van der Waals surface area contributed by atoms with Gasteiger partial charge in [-0.1, -0.05) is 11.6 Å². The fraction of sp³-hybridized carbons (Fsp3) is 0.100. The molecule has 1 amide bonds. The minimum atomic E-state index is -4.49. The molecule has 0 aliphatic heterocycles. The van der Waals surface area contributed by atoms with Crippen molar-refractivity contribution in [1.82, 2.24) is 4.98 Å². The van der Waals surface area contributed by atoms with Gasteiger partial charge in [0.2, 0.25) is 0 Å². The van der Waals surface area contributed by atoms with Crippen molar-refractivity contribution in [2.24, 2.45) is 0 Å². The lowest BCUT2D eigenvalue weighted by molar-refractivity contribution is -0.137. The maximum Gasteiger partial charge on any atom is 0.416 e. The number of nitrogen functional groups attached to an aromatic ring is 1. The molecule has 1 heterocycles. The second kappa shape index (κ2) is 8.00. The van der Waals surface area contributed by atoms with Gasteiger partial charge in [-0.15, -0.1) is 0 Å². The molecule has 0 saturated heterocycles. The molecule has 0 fully saturated rings. The number of halogens is 4. The number of alkyl halides is 3. The summed E-state index contributed by atoms with van der Waals surface area (Å²) in [4.78, 5) is 16.4. The van der Waals surface area contributed by atoms with Crippen LogP contribution in [0.1, 0.15) is 15.9 Å². The summed E-state index contributed by atoms with van der Waals surface area (Å²) in [6.45, 7) is 0. The first-order chi connectivity index (χ1) is 13.7. The van der Waals surface area contributed by atoms with Gasteiger partial charge >= 0.3 is 6.18 Å². The summed E-state index contributed by atoms with van der Waals surface area (Å²) < 4.78 is 43.8. The number of anilines is 2. The molecule has 0 bridgehead atoms. The maximum atomic E-state index is 12.9. The molecule has 3 rings (SSSR count). The van der Waals surface area contributed by atoms with Gasteiger partial charge in [-0.05, 0) is 54.6 Å². The van der Waals surface area contributed by atoms with Gasteiger partial charge < -0.3 is 15.8 Å². The number of pyridine rings is 1. The highest BCUT2D eigenvalue weighted by Gasteiger charge is 2.31. The van der Waals surface area contributed by atoms with Crippen molar-refractivity contribution < 1.29 is 22.7 Å². The zero-order chi connectivity index (χ0) is 21.2. The molecule has 5 nitrogen and oxygen atoms in total. The summed E-state index contributed by atoms with van der Waals surface area (Å²) >= 11 is 5.80. The molecule has 150 valence electrons. The third-order valence-electron chi connectivity index (χ3n) is 4.09. The minimum Gasteiger partial charge on any atom is -0.496 e. The molecule has 29 heavy (non-hydrogen) atoms. The van der Waals surface area contributed by atoms with Gasteiger partial charge in [0.15, 0.2) is 0 Å². The highest BCUT2D eigenvalue weighted by molar-refractivity contribution is 6.30. The Hall–Kier alpha value is -3.26. The van der Waals surface area contributed by atoms with Crippen LogP contribution in [0.4, 0.5) is 24.8 Å². The van der Waals surface area contributed by atoms with E-state index in [9.17, 15) is 18.0 Å². The predicted molar refractivity (Wildman–Crippen MR) is 105 cm³/mol. The number of carbonyl (C=O) groups is 1. The van der Waals surface area contributed by atoms with Gasteiger partial charge in [-0.2, -0.15) is 13.2 Å². The number of nitrogens with zero attached hydrogens (tertiary/aromatic N) is 1. The number of carbonyl (C=O) groups excluding carboxylic acids is 1. The number of nitrogens with two attached hydrogens (primary N) is 1. The SMILES string of the molecule is COc1cc(C(F)(F)F)ccc1-c1ccc(NC(=O)c2ccc(Cl)cc2)nc1N. The lowest BCUT2D eigenvalue weighted by Crippen LogP contribution is -2.13. The molecule has 2 aromatic carbocycles. The fourth-order valence-corrected chi connectivity index (χ4v) is 2.78. The Bertz CT molecular complexity index is 1050. The third kappa shape index (κ3) is 4.60. The average Bonchev–Trinajstić information content (AvgIpc) is 2.67. The van der Waals surface area contributed by atoms with Crippen LogP contribution in [0.25, 0.3) is 11.1 Å². The molecule has 0 saturated carbocycles. The first kappa shape index (κ1) is 20.5. The van der Waals surface area contributed by atoms with Crippen molar-refractivity contribution in [2.75, 3.05) is 18.2 Å². The number of methoxy groups -OCH3 is 1. The Labute approximate surface area is 169 Å². The molecule has 0 atom stereocenters. The standard InChI is InChI=1S/C20H15ClF3N3O2/c1-29-16-10-12(20(22,23)24)4-7-14(16)15-8-9-17(26-18(15)25)27-19(28)11-2-5-13(21)6-3-11/h2-10H,1H3,(H3,25,26,27,28). The van der Waals surface area contributed by atoms with Crippen LogP contribution in [0.3, 0.4) is 0 Å². The quantitative estimate of drug-likeness (QED) is 0.602. The predicted octanol–water partition coefficient (Wildman–Crippen LogP) is 5.26. The first-order valence-electron chi connectivity index (χ1n) is 8.28. The van der Waals surface area contributed by atoms with Crippen molar-refractivity contribution in [3.8, 4) is 16.9 Å². The number of amides is 1. The Morgan fingerprint density at radius 2 is 1.72 bits per heavy atom. The number of benzene rings is 2. The second-order valence-corrected chi connectivity index (χ2v) is 6.44. The van der Waals surface area contributed by atoms with Gasteiger partial charge in [0.05, 0.1) is 12.7 Å². The zero-order valence-corrected chi connectivity index (χ0v) is 15.8. The lowest BCUT2D eigenvalue weighted by atomic mass is 10.0. The normalized spacial score (nSPS) is 11.2. The Balaban J connectivity index is 1.88. The summed E-state index contributed by atoms with van der Waals surface area (Å²) in [7, 11) is 1.27. The van der Waals surface area contributed by atoms with Crippen LogP contribution in [0.15, 0.2) is 54.6 Å². The largest absolute Gasteiger partial charge is 0.496 e. The number of hydrogen-bond donors (Lipinski definition) is 2. The Morgan fingerprint density at radius 1 is 1.07 bits per heavy atom. The van der Waals surface area contributed by atoms with E-state index in [1.54, 1.807) is 30.3 Å². The molecule has 0 aliphatic rings. The van der Waals surface area contributed by atoms with E-state index in [2.05, 4.69) is 10.3 Å². The topological polar surface area (TPSA) is 77.2 Å². The van der Waals surface area contributed by atoms with Crippen molar-refractivity contribution in [3.05, 3.63) is 70.7 Å². The van der Waals surface area contributed by atoms with Gasteiger partial charge in [-0.25, -0.2) is 4.98 Å². The van der Waals surface area contributed by atoms with E-state index >= 15 is 0 Å². The molecule has 1 aromatic heterocycles. The van der Waals surface area contributed by atoms with Crippen molar-refractivity contribution in [3.63, 3.8) is 0 Å². The minimum absolute atomic E-state index is 0.00581. The number of rotatable bonds is 4. The van der Waals surface area contributed by atoms with E-state index in [1.807, 2.05) is 0 Å². The van der Waals surface area contributed by atoms with E-state index < -0.39 is 17.6 Å². The molecule has 0 aliphatic carbocycles. The van der Waals surface area contributed by atoms with Crippen LogP contribution in [-0.2, 0) is 6.18 Å². The molecule has 0 unspecified atom stereocenters. The van der Waals surface area contributed by atoms with Crippen molar-refractivity contribution >= 4 is 29.1 Å². The third-order valence-corrected chi connectivity index (χ3v) is 4.34. The van der Waals surface area contributed by atoms with Crippen LogP contribution in [0.5, 0.6) is 5.75 Å². The summed E-state index contributed by atoms with van der Waals surface area (Å²) in [6.07, 6.45) is -4.49. The monoisotopic (exact) mass is 421 g/mol. The molecule has 3 aromatic rings. The van der Waals surface area contributed by atoms with Crippen LogP contribution in [0.2, 0.25) is 5.02 Å². The van der Waals surface area contributed by atoms with Gasteiger partial charge in [0.1, 0.15) is 17.4 Å². The van der Waals surface area contributed by atoms with Crippen molar-refractivity contribution in [2.45, 2.75) is 6.18 Å². The zero-order valence-electron chi connectivity index (χ0n) is 15.0. The Kier molecular flexibility index (Phi) is 5.65. The van der Waals surface area contributed by atoms with Gasteiger partial charge in [-0.3, -0.25) is 4.79 Å². The summed E-state index contributed by atoms with van der Waals surface area (Å²) in [5.74, 6) is -0.186. The molecule has 3 N–H and O–H groups in total.